The fourth-order valence-electron chi connectivity index (χ4n) is 1.95. The predicted molar refractivity (Wildman–Crippen MR) is 77.8 cm³/mol. The maximum absolute atomic E-state index is 5.89. The molecule has 0 spiro atoms. The van der Waals surface area contributed by atoms with Gasteiger partial charge in [-0.05, 0) is 32.6 Å². The summed E-state index contributed by atoms with van der Waals surface area (Å²) in [6, 6.07) is 0. The molecule has 4 heteroatoms. The summed E-state index contributed by atoms with van der Waals surface area (Å²) in [6.45, 7) is 12.0. The maximum atomic E-state index is 5.89. The molecule has 1 atom stereocenters. The first kappa shape index (κ1) is 15.6. The van der Waals surface area contributed by atoms with E-state index in [-0.39, 0.29) is 5.60 Å². The van der Waals surface area contributed by atoms with E-state index < -0.39 is 0 Å². The highest BCUT2D eigenvalue weighted by Gasteiger charge is 2.30. The Morgan fingerprint density at radius 3 is 2.50 bits per heavy atom. The monoisotopic (exact) mass is 270 g/mol. The molecule has 18 heavy (non-hydrogen) atoms. The fraction of sp³-hybridized carbons (Fsp3) is 0.786. The second-order valence-corrected chi connectivity index (χ2v) is 6.29. The van der Waals surface area contributed by atoms with E-state index in [1.807, 2.05) is 6.92 Å². The third-order valence-electron chi connectivity index (χ3n) is 3.16. The maximum Gasteiger partial charge on any atom is 0.125 e. The Hall–Kier alpha value is -0.450. The van der Waals surface area contributed by atoms with Gasteiger partial charge >= 0.3 is 0 Å². The molecule has 1 heterocycles. The summed E-state index contributed by atoms with van der Waals surface area (Å²) < 4.78 is 5.89. The summed E-state index contributed by atoms with van der Waals surface area (Å²) in [6.07, 6.45) is 1.93. The normalized spacial score (nSPS) is 15.1. The summed E-state index contributed by atoms with van der Waals surface area (Å²) in [7, 11) is 0. The largest absolute Gasteiger partial charge is 0.368 e. The zero-order valence-electron chi connectivity index (χ0n) is 12.2. The topological polar surface area (TPSA) is 48.1 Å². The van der Waals surface area contributed by atoms with Gasteiger partial charge in [-0.15, -0.1) is 11.3 Å². The molecule has 0 amide bonds. The standard InChI is InChI=1S/C14H26N2OS/c1-6-14(5,17-7-2)13-16-11(8-10(3)4)12(9-15)18-13/h10H,6-9,15H2,1-5H3. The lowest BCUT2D eigenvalue weighted by molar-refractivity contribution is -0.0325. The molecule has 0 saturated carbocycles. The molecule has 0 aliphatic rings. The molecule has 0 bridgehead atoms. The van der Waals surface area contributed by atoms with E-state index in [4.69, 9.17) is 15.5 Å². The first-order chi connectivity index (χ1) is 8.46. The number of hydrogen-bond acceptors (Lipinski definition) is 4. The number of hydrogen-bond donors (Lipinski definition) is 1. The first-order valence-corrected chi connectivity index (χ1v) is 7.61. The third-order valence-corrected chi connectivity index (χ3v) is 4.52. The van der Waals surface area contributed by atoms with Gasteiger partial charge in [0.25, 0.3) is 0 Å². The molecule has 2 N–H and O–H groups in total. The van der Waals surface area contributed by atoms with Crippen LogP contribution in [0.4, 0.5) is 0 Å². The lowest BCUT2D eigenvalue weighted by Gasteiger charge is -2.25. The van der Waals surface area contributed by atoms with E-state index in [0.29, 0.717) is 19.1 Å². The Kier molecular flexibility index (Phi) is 5.76. The Bertz CT molecular complexity index is 376. The van der Waals surface area contributed by atoms with Crippen molar-refractivity contribution >= 4 is 11.3 Å². The summed E-state index contributed by atoms with van der Waals surface area (Å²) >= 11 is 1.71. The van der Waals surface area contributed by atoms with Crippen LogP contribution in [-0.4, -0.2) is 11.6 Å². The van der Waals surface area contributed by atoms with Gasteiger partial charge in [-0.2, -0.15) is 0 Å². The van der Waals surface area contributed by atoms with Crippen LogP contribution in [0.1, 0.15) is 56.6 Å². The van der Waals surface area contributed by atoms with Crippen LogP contribution in [0, 0.1) is 5.92 Å². The van der Waals surface area contributed by atoms with Crippen molar-refractivity contribution in [3.8, 4) is 0 Å². The quantitative estimate of drug-likeness (QED) is 0.825. The minimum Gasteiger partial charge on any atom is -0.368 e. The Balaban J connectivity index is 3.06. The fourth-order valence-corrected chi connectivity index (χ4v) is 3.09. The zero-order valence-corrected chi connectivity index (χ0v) is 13.1. The van der Waals surface area contributed by atoms with E-state index in [1.54, 1.807) is 11.3 Å². The minimum atomic E-state index is -0.265. The lowest BCUT2D eigenvalue weighted by Crippen LogP contribution is -2.24. The number of rotatable bonds is 7. The highest BCUT2D eigenvalue weighted by Crippen LogP contribution is 2.34. The van der Waals surface area contributed by atoms with Gasteiger partial charge in [-0.1, -0.05) is 20.8 Å². The average molecular weight is 270 g/mol. The summed E-state index contributed by atoms with van der Waals surface area (Å²) in [5, 5.41) is 1.07. The van der Waals surface area contributed by atoms with Crippen molar-refractivity contribution in [3.63, 3.8) is 0 Å². The van der Waals surface area contributed by atoms with Crippen LogP contribution in [-0.2, 0) is 23.3 Å². The first-order valence-electron chi connectivity index (χ1n) is 6.79. The van der Waals surface area contributed by atoms with Crippen LogP contribution in [0.5, 0.6) is 0 Å². The molecule has 1 unspecified atom stereocenters. The summed E-state index contributed by atoms with van der Waals surface area (Å²) in [5.74, 6) is 0.602. The molecule has 0 saturated heterocycles. The van der Waals surface area contributed by atoms with Crippen LogP contribution in [0.3, 0.4) is 0 Å². The van der Waals surface area contributed by atoms with Crippen molar-refractivity contribution in [1.29, 1.82) is 0 Å². The summed E-state index contributed by atoms with van der Waals surface area (Å²) in [5.41, 5.74) is 6.72. The molecule has 0 radical (unpaired) electrons. The predicted octanol–water partition coefficient (Wildman–Crippen LogP) is 3.46. The second-order valence-electron chi connectivity index (χ2n) is 5.21. The van der Waals surface area contributed by atoms with E-state index in [0.717, 1.165) is 23.5 Å². The molecule has 3 nitrogen and oxygen atoms in total. The van der Waals surface area contributed by atoms with Gasteiger partial charge in [0.05, 0.1) is 5.69 Å². The third kappa shape index (κ3) is 3.53. The molecular weight excluding hydrogens is 244 g/mol. The highest BCUT2D eigenvalue weighted by molar-refractivity contribution is 7.11. The van der Waals surface area contributed by atoms with Crippen LogP contribution < -0.4 is 5.73 Å². The van der Waals surface area contributed by atoms with Crippen LogP contribution in [0.2, 0.25) is 0 Å². The van der Waals surface area contributed by atoms with Crippen molar-refractivity contribution in [3.05, 3.63) is 15.6 Å². The average Bonchev–Trinajstić information content (AvgIpc) is 2.72. The molecule has 0 aromatic carbocycles. The molecular formula is C14H26N2OS. The van der Waals surface area contributed by atoms with Gasteiger partial charge in [0.2, 0.25) is 0 Å². The molecule has 1 aromatic heterocycles. The Morgan fingerprint density at radius 1 is 1.39 bits per heavy atom. The van der Waals surface area contributed by atoms with Gasteiger partial charge in [0.15, 0.2) is 0 Å². The van der Waals surface area contributed by atoms with Crippen molar-refractivity contribution < 1.29 is 4.74 Å². The van der Waals surface area contributed by atoms with E-state index in [2.05, 4.69) is 27.7 Å². The number of nitrogens with two attached hydrogens (primary N) is 1. The van der Waals surface area contributed by atoms with Crippen molar-refractivity contribution in [2.75, 3.05) is 6.61 Å². The lowest BCUT2D eigenvalue weighted by atomic mass is 10.0. The van der Waals surface area contributed by atoms with Gasteiger partial charge in [-0.25, -0.2) is 4.98 Å². The van der Waals surface area contributed by atoms with Crippen LogP contribution >= 0.6 is 11.3 Å². The van der Waals surface area contributed by atoms with E-state index in [1.165, 1.54) is 4.88 Å². The number of aromatic nitrogens is 1. The molecule has 0 fully saturated rings. The molecule has 0 aliphatic heterocycles. The van der Waals surface area contributed by atoms with Crippen molar-refractivity contribution in [2.45, 2.75) is 59.6 Å². The minimum absolute atomic E-state index is 0.265. The number of nitrogens with zero attached hydrogens (tertiary/aromatic N) is 1. The number of ether oxygens (including phenoxy) is 1. The smallest absolute Gasteiger partial charge is 0.125 e. The van der Waals surface area contributed by atoms with E-state index in [9.17, 15) is 0 Å². The highest BCUT2D eigenvalue weighted by atomic mass is 32.1. The zero-order chi connectivity index (χ0) is 13.8. The van der Waals surface area contributed by atoms with Gasteiger partial charge in [-0.3, -0.25) is 0 Å². The Labute approximate surface area is 115 Å². The van der Waals surface area contributed by atoms with Crippen molar-refractivity contribution in [1.82, 2.24) is 4.98 Å². The van der Waals surface area contributed by atoms with Gasteiger partial charge < -0.3 is 10.5 Å². The van der Waals surface area contributed by atoms with Gasteiger partial charge in [0, 0.05) is 18.0 Å². The Morgan fingerprint density at radius 2 is 2.06 bits per heavy atom. The van der Waals surface area contributed by atoms with Crippen molar-refractivity contribution in [2.24, 2.45) is 11.7 Å². The molecule has 1 rings (SSSR count). The molecule has 1 aromatic rings. The number of thiazole rings is 1. The molecule has 0 aliphatic carbocycles. The van der Waals surface area contributed by atoms with Crippen LogP contribution in [0.15, 0.2) is 0 Å². The summed E-state index contributed by atoms with van der Waals surface area (Å²) in [4.78, 5) is 6.00. The second kappa shape index (κ2) is 6.64. The van der Waals surface area contributed by atoms with E-state index >= 15 is 0 Å². The molecule has 104 valence electrons. The van der Waals surface area contributed by atoms with Gasteiger partial charge in [0.1, 0.15) is 10.6 Å². The van der Waals surface area contributed by atoms with Crippen LogP contribution in [0.25, 0.3) is 0 Å². The SMILES string of the molecule is CCOC(C)(CC)c1nc(CC(C)C)c(CN)s1.